The van der Waals surface area contributed by atoms with Crippen molar-refractivity contribution in [2.45, 2.75) is 128 Å². The maximum absolute atomic E-state index is 2.60. The Balaban J connectivity index is 3.24. The lowest BCUT2D eigenvalue weighted by atomic mass is 9.43. The Morgan fingerprint density at radius 2 is 1.04 bits per heavy atom. The van der Waals surface area contributed by atoms with Gasteiger partial charge in [-0.15, -0.1) is 0 Å². The Morgan fingerprint density at radius 1 is 0.680 bits per heavy atom. The lowest BCUT2D eigenvalue weighted by molar-refractivity contribution is -0.121. The van der Waals surface area contributed by atoms with Crippen LogP contribution in [0.4, 0.5) is 0 Å². The largest absolute Gasteiger partial charge is 0.0654 e. The predicted octanol–water partition coefficient (Wildman–Crippen LogP) is 8.89. The van der Waals surface area contributed by atoms with Gasteiger partial charge in [0.15, 0.2) is 0 Å². The van der Waals surface area contributed by atoms with Crippen molar-refractivity contribution in [3.8, 4) is 0 Å². The van der Waals surface area contributed by atoms with Crippen LogP contribution in [0.2, 0.25) is 0 Å². The molecule has 0 heterocycles. The highest BCUT2D eigenvalue weighted by Crippen LogP contribution is 2.65. The molecule has 25 heavy (non-hydrogen) atoms. The normalized spacial score (nSPS) is 20.8. The number of hydrogen-bond donors (Lipinski definition) is 0. The van der Waals surface area contributed by atoms with Crippen LogP contribution in [0.3, 0.4) is 0 Å². The molecule has 0 aromatic rings. The van der Waals surface area contributed by atoms with E-state index in [9.17, 15) is 0 Å². The second-order valence-electron chi connectivity index (χ2n) is 13.1. The first-order chi connectivity index (χ1) is 11.1. The molecule has 0 atom stereocenters. The summed E-state index contributed by atoms with van der Waals surface area (Å²) in [5.41, 5.74) is 2.03. The van der Waals surface area contributed by atoms with Crippen LogP contribution in [0, 0.1) is 33.0 Å². The summed E-state index contributed by atoms with van der Waals surface area (Å²) < 4.78 is 0. The van der Waals surface area contributed by atoms with Crippen LogP contribution in [0.5, 0.6) is 0 Å². The van der Waals surface area contributed by atoms with E-state index < -0.39 is 0 Å². The van der Waals surface area contributed by atoms with E-state index in [-0.39, 0.29) is 0 Å². The maximum atomic E-state index is 2.60. The molecule has 1 aliphatic rings. The van der Waals surface area contributed by atoms with Gasteiger partial charge in [-0.05, 0) is 71.5 Å². The number of hydrogen-bond acceptors (Lipinski definition) is 0. The molecule has 0 spiro atoms. The monoisotopic (exact) mass is 350 g/mol. The van der Waals surface area contributed by atoms with E-state index in [1.807, 2.05) is 0 Å². The van der Waals surface area contributed by atoms with Crippen molar-refractivity contribution in [3.63, 3.8) is 0 Å². The highest BCUT2D eigenvalue weighted by atomic mass is 14.6. The molecule has 1 aliphatic carbocycles. The molecule has 0 saturated heterocycles. The molecule has 150 valence electrons. The van der Waals surface area contributed by atoms with E-state index in [0.717, 1.165) is 5.92 Å². The van der Waals surface area contributed by atoms with Crippen molar-refractivity contribution in [2.75, 3.05) is 0 Å². The van der Waals surface area contributed by atoms with Crippen LogP contribution in [-0.2, 0) is 0 Å². The quantitative estimate of drug-likeness (QED) is 0.448. The predicted molar refractivity (Wildman–Crippen MR) is 115 cm³/mol. The first-order valence-corrected chi connectivity index (χ1v) is 11.1. The molecule has 0 aromatic carbocycles. The van der Waals surface area contributed by atoms with Crippen LogP contribution in [0.1, 0.15) is 128 Å². The molecule has 1 fully saturated rings. The molecule has 1 rings (SSSR count). The van der Waals surface area contributed by atoms with Gasteiger partial charge in [-0.1, -0.05) is 89.0 Å². The molecular formula is C25H50. The van der Waals surface area contributed by atoms with Gasteiger partial charge >= 0.3 is 0 Å². The Bertz CT molecular complexity index is 372. The summed E-state index contributed by atoms with van der Waals surface area (Å²) in [5, 5.41) is 0. The van der Waals surface area contributed by atoms with Gasteiger partial charge in [0.05, 0.1) is 0 Å². The third-order valence-electron chi connectivity index (χ3n) is 7.19. The van der Waals surface area contributed by atoms with Gasteiger partial charge in [-0.25, -0.2) is 0 Å². The van der Waals surface area contributed by atoms with Gasteiger partial charge in [0, 0.05) is 0 Å². The Labute approximate surface area is 160 Å². The van der Waals surface area contributed by atoms with Crippen molar-refractivity contribution in [1.29, 1.82) is 0 Å². The third-order valence-corrected chi connectivity index (χ3v) is 7.19. The van der Waals surface area contributed by atoms with Crippen LogP contribution in [-0.4, -0.2) is 0 Å². The standard InChI is InChI=1S/C25H50/c1-12-13-20-14-16-25(17-15-20,23(8,9)18-21(2,3)4)24(10,11)19-22(5,6)7/h20H,12-19H2,1-11H3. The first kappa shape index (κ1) is 23.0. The molecular weight excluding hydrogens is 300 g/mol. The van der Waals surface area contributed by atoms with Crippen molar-refractivity contribution >= 4 is 0 Å². The Hall–Kier alpha value is 0. The summed E-state index contributed by atoms with van der Waals surface area (Å²) >= 11 is 0. The van der Waals surface area contributed by atoms with E-state index in [2.05, 4.69) is 76.2 Å². The smallest absolute Gasteiger partial charge is 0.0194 e. The second-order valence-corrected chi connectivity index (χ2v) is 13.1. The molecule has 0 N–H and O–H groups in total. The minimum absolute atomic E-state index is 0.386. The lowest BCUT2D eigenvalue weighted by Crippen LogP contribution is -2.53. The minimum atomic E-state index is 0.386. The van der Waals surface area contributed by atoms with Crippen molar-refractivity contribution < 1.29 is 0 Å². The summed E-state index contributed by atoms with van der Waals surface area (Å²) in [7, 11) is 0. The molecule has 0 heteroatoms. The van der Waals surface area contributed by atoms with E-state index >= 15 is 0 Å². The summed E-state index contributed by atoms with van der Waals surface area (Å²) in [4.78, 5) is 0. The highest BCUT2D eigenvalue weighted by molar-refractivity contribution is 5.06. The van der Waals surface area contributed by atoms with Gasteiger partial charge in [0.1, 0.15) is 0 Å². The van der Waals surface area contributed by atoms with Crippen LogP contribution < -0.4 is 0 Å². The zero-order valence-corrected chi connectivity index (χ0v) is 19.7. The van der Waals surface area contributed by atoms with E-state index in [4.69, 9.17) is 0 Å². The average molecular weight is 351 g/mol. The van der Waals surface area contributed by atoms with Gasteiger partial charge in [0.2, 0.25) is 0 Å². The SMILES string of the molecule is CCCC1CCC(C(C)(C)CC(C)(C)C)(C(C)(C)CC(C)(C)C)CC1. The minimum Gasteiger partial charge on any atom is -0.0654 e. The Kier molecular flexibility index (Phi) is 6.96. The average Bonchev–Trinajstić information content (AvgIpc) is 2.33. The lowest BCUT2D eigenvalue weighted by Gasteiger charge is -2.62. The second kappa shape index (κ2) is 7.55. The molecule has 0 bridgehead atoms. The third kappa shape index (κ3) is 5.74. The summed E-state index contributed by atoms with van der Waals surface area (Å²) in [5.74, 6) is 0.981. The topological polar surface area (TPSA) is 0 Å². The van der Waals surface area contributed by atoms with Gasteiger partial charge in [0.25, 0.3) is 0 Å². The maximum Gasteiger partial charge on any atom is -0.0194 e. The fraction of sp³-hybridized carbons (Fsp3) is 1.00. The van der Waals surface area contributed by atoms with Crippen molar-refractivity contribution in [2.24, 2.45) is 33.0 Å². The van der Waals surface area contributed by atoms with E-state index in [1.165, 1.54) is 51.4 Å². The first-order valence-electron chi connectivity index (χ1n) is 11.1. The van der Waals surface area contributed by atoms with Crippen molar-refractivity contribution in [3.05, 3.63) is 0 Å². The molecule has 0 aliphatic heterocycles. The number of rotatable bonds is 6. The molecule has 0 nitrogen and oxygen atoms in total. The fourth-order valence-corrected chi connectivity index (χ4v) is 7.13. The van der Waals surface area contributed by atoms with Gasteiger partial charge < -0.3 is 0 Å². The van der Waals surface area contributed by atoms with Gasteiger partial charge in [-0.3, -0.25) is 0 Å². The molecule has 0 amide bonds. The van der Waals surface area contributed by atoms with Gasteiger partial charge in [-0.2, -0.15) is 0 Å². The summed E-state index contributed by atoms with van der Waals surface area (Å²) in [6.45, 7) is 27.4. The van der Waals surface area contributed by atoms with Crippen LogP contribution >= 0.6 is 0 Å². The molecule has 0 unspecified atom stereocenters. The molecule has 0 radical (unpaired) electrons. The van der Waals surface area contributed by atoms with E-state index in [1.54, 1.807) is 0 Å². The van der Waals surface area contributed by atoms with E-state index in [0.29, 0.717) is 27.1 Å². The molecule has 1 saturated carbocycles. The zero-order valence-electron chi connectivity index (χ0n) is 19.7. The fourth-order valence-electron chi connectivity index (χ4n) is 7.13. The Morgan fingerprint density at radius 3 is 1.32 bits per heavy atom. The zero-order chi connectivity index (χ0) is 19.7. The highest BCUT2D eigenvalue weighted by Gasteiger charge is 2.56. The summed E-state index contributed by atoms with van der Waals surface area (Å²) in [6.07, 6.45) is 11.2. The van der Waals surface area contributed by atoms with Crippen LogP contribution in [0.25, 0.3) is 0 Å². The van der Waals surface area contributed by atoms with Crippen molar-refractivity contribution in [1.82, 2.24) is 0 Å². The summed E-state index contributed by atoms with van der Waals surface area (Å²) in [6, 6.07) is 0. The molecule has 0 aromatic heterocycles. The van der Waals surface area contributed by atoms with Crippen LogP contribution in [0.15, 0.2) is 0 Å².